The molecule has 0 aliphatic carbocycles. The van der Waals surface area contributed by atoms with E-state index in [0.717, 1.165) is 44.9 Å². The predicted molar refractivity (Wildman–Crippen MR) is 153 cm³/mol. The highest BCUT2D eigenvalue weighted by molar-refractivity contribution is 5.69. The molecule has 4 heteroatoms. The van der Waals surface area contributed by atoms with E-state index >= 15 is 0 Å². The summed E-state index contributed by atoms with van der Waals surface area (Å²) in [5.41, 5.74) is 0. The van der Waals surface area contributed by atoms with E-state index in [1.807, 2.05) is 0 Å². The molecule has 0 aliphatic rings. The highest BCUT2D eigenvalue weighted by Crippen LogP contribution is 2.13. The summed E-state index contributed by atoms with van der Waals surface area (Å²) < 4.78 is 5.37. The average molecular weight is 509 g/mol. The van der Waals surface area contributed by atoms with Crippen LogP contribution in [0, 0.1) is 0 Å². The van der Waals surface area contributed by atoms with Gasteiger partial charge in [0.1, 0.15) is 0 Å². The SMILES string of the molecule is CCCCCCCCC=CCCCCCCCCCC(=O)OCCCCCCCCCCCC(=O)O. The fourth-order valence-electron chi connectivity index (χ4n) is 4.57. The molecule has 0 bridgehead atoms. The maximum absolute atomic E-state index is 11.8. The van der Waals surface area contributed by atoms with Crippen molar-refractivity contribution >= 4 is 11.9 Å². The van der Waals surface area contributed by atoms with E-state index in [0.29, 0.717) is 19.4 Å². The monoisotopic (exact) mass is 508 g/mol. The zero-order chi connectivity index (χ0) is 26.4. The lowest BCUT2D eigenvalue weighted by Crippen LogP contribution is -2.05. The van der Waals surface area contributed by atoms with Crippen LogP contribution in [0.1, 0.15) is 174 Å². The second-order valence-corrected chi connectivity index (χ2v) is 10.6. The second kappa shape index (κ2) is 29.9. The zero-order valence-electron chi connectivity index (χ0n) is 23.9. The minimum absolute atomic E-state index is 0.0240. The Morgan fingerprint density at radius 1 is 0.528 bits per heavy atom. The number of carbonyl (C=O) groups is 2. The van der Waals surface area contributed by atoms with Crippen LogP contribution in [-0.2, 0) is 14.3 Å². The summed E-state index contributed by atoms with van der Waals surface area (Å²) in [7, 11) is 0. The van der Waals surface area contributed by atoms with E-state index in [1.54, 1.807) is 0 Å². The summed E-state index contributed by atoms with van der Waals surface area (Å²) >= 11 is 0. The Hall–Kier alpha value is -1.32. The average Bonchev–Trinajstić information content (AvgIpc) is 2.86. The van der Waals surface area contributed by atoms with Gasteiger partial charge in [-0.15, -0.1) is 0 Å². The number of allylic oxidation sites excluding steroid dienone is 2. The largest absolute Gasteiger partial charge is 0.481 e. The molecule has 0 heterocycles. The molecular formula is C32H60O4. The zero-order valence-corrected chi connectivity index (χ0v) is 23.9. The maximum Gasteiger partial charge on any atom is 0.305 e. The van der Waals surface area contributed by atoms with E-state index in [2.05, 4.69) is 19.1 Å². The number of carbonyl (C=O) groups excluding carboxylic acids is 1. The highest BCUT2D eigenvalue weighted by atomic mass is 16.5. The predicted octanol–water partition coefficient (Wildman–Crippen LogP) is 10.3. The molecule has 0 spiro atoms. The second-order valence-electron chi connectivity index (χ2n) is 10.6. The van der Waals surface area contributed by atoms with Crippen molar-refractivity contribution in [2.24, 2.45) is 0 Å². The van der Waals surface area contributed by atoms with Crippen LogP contribution < -0.4 is 0 Å². The summed E-state index contributed by atoms with van der Waals surface area (Å²) in [6.07, 6.45) is 34.9. The van der Waals surface area contributed by atoms with Crippen LogP contribution in [0.15, 0.2) is 12.2 Å². The fraction of sp³-hybridized carbons (Fsp3) is 0.875. The number of rotatable bonds is 29. The number of carboxylic acids is 1. The first-order chi connectivity index (χ1) is 17.7. The normalized spacial score (nSPS) is 11.4. The van der Waals surface area contributed by atoms with Crippen LogP contribution in [0.25, 0.3) is 0 Å². The lowest BCUT2D eigenvalue weighted by Gasteiger charge is -2.05. The van der Waals surface area contributed by atoms with Crippen molar-refractivity contribution in [2.75, 3.05) is 6.61 Å². The van der Waals surface area contributed by atoms with Gasteiger partial charge in [0.05, 0.1) is 6.61 Å². The first-order valence-electron chi connectivity index (χ1n) is 15.7. The lowest BCUT2D eigenvalue weighted by atomic mass is 10.1. The van der Waals surface area contributed by atoms with Gasteiger partial charge in [0, 0.05) is 12.8 Å². The van der Waals surface area contributed by atoms with Crippen LogP contribution in [0.2, 0.25) is 0 Å². The summed E-state index contributed by atoms with van der Waals surface area (Å²) in [6, 6.07) is 0. The Bertz CT molecular complexity index is 500. The quantitative estimate of drug-likeness (QED) is 0.0620. The van der Waals surface area contributed by atoms with Gasteiger partial charge < -0.3 is 9.84 Å². The molecule has 1 N–H and O–H groups in total. The van der Waals surface area contributed by atoms with Gasteiger partial charge in [-0.25, -0.2) is 0 Å². The van der Waals surface area contributed by atoms with Gasteiger partial charge in [-0.1, -0.05) is 128 Å². The van der Waals surface area contributed by atoms with Gasteiger partial charge in [-0.05, 0) is 44.9 Å². The topological polar surface area (TPSA) is 63.6 Å². The van der Waals surface area contributed by atoms with Crippen LogP contribution in [0.3, 0.4) is 0 Å². The number of unbranched alkanes of at least 4 members (excludes halogenated alkanes) is 21. The summed E-state index contributed by atoms with van der Waals surface area (Å²) in [5.74, 6) is -0.710. The number of hydrogen-bond donors (Lipinski definition) is 1. The molecule has 0 atom stereocenters. The number of ether oxygens (including phenoxy) is 1. The molecule has 0 rings (SSSR count). The first kappa shape index (κ1) is 34.7. The van der Waals surface area contributed by atoms with Gasteiger partial charge in [0.15, 0.2) is 0 Å². The summed E-state index contributed by atoms with van der Waals surface area (Å²) in [4.78, 5) is 22.3. The van der Waals surface area contributed by atoms with Crippen molar-refractivity contribution in [1.82, 2.24) is 0 Å². The number of carboxylic acid groups (broad SMARTS) is 1. The molecule has 0 aliphatic heterocycles. The molecule has 212 valence electrons. The van der Waals surface area contributed by atoms with E-state index in [1.165, 1.54) is 109 Å². The van der Waals surface area contributed by atoms with Crippen LogP contribution in [-0.4, -0.2) is 23.7 Å². The van der Waals surface area contributed by atoms with Crippen LogP contribution in [0.4, 0.5) is 0 Å². The first-order valence-corrected chi connectivity index (χ1v) is 15.7. The van der Waals surface area contributed by atoms with Crippen molar-refractivity contribution < 1.29 is 19.4 Å². The van der Waals surface area contributed by atoms with E-state index < -0.39 is 5.97 Å². The van der Waals surface area contributed by atoms with Gasteiger partial charge >= 0.3 is 11.9 Å². The molecule has 36 heavy (non-hydrogen) atoms. The lowest BCUT2D eigenvalue weighted by molar-refractivity contribution is -0.144. The van der Waals surface area contributed by atoms with Gasteiger partial charge in [-0.2, -0.15) is 0 Å². The minimum atomic E-state index is -0.686. The molecule has 0 aromatic rings. The molecular weight excluding hydrogens is 448 g/mol. The summed E-state index contributed by atoms with van der Waals surface area (Å²) in [5, 5.41) is 8.60. The van der Waals surface area contributed by atoms with Gasteiger partial charge in [0.25, 0.3) is 0 Å². The Morgan fingerprint density at radius 3 is 1.39 bits per heavy atom. The standard InChI is InChI=1S/C32H60O4/c1-2-3-4-5-6-7-8-9-10-11-12-13-14-17-20-23-26-29-32(35)36-30-27-24-21-18-15-16-19-22-25-28-31(33)34/h9-10H,2-8,11-30H2,1H3,(H,33,34). The van der Waals surface area contributed by atoms with Gasteiger partial charge in [0.2, 0.25) is 0 Å². The molecule has 0 unspecified atom stereocenters. The van der Waals surface area contributed by atoms with Crippen molar-refractivity contribution in [1.29, 1.82) is 0 Å². The molecule has 0 amide bonds. The Balaban J connectivity index is 3.20. The molecule has 0 saturated carbocycles. The Kier molecular flexibility index (Phi) is 28.8. The Labute approximate surface area is 224 Å². The van der Waals surface area contributed by atoms with Crippen molar-refractivity contribution in [3.8, 4) is 0 Å². The van der Waals surface area contributed by atoms with Crippen molar-refractivity contribution in [2.45, 2.75) is 174 Å². The molecule has 0 aromatic heterocycles. The highest BCUT2D eigenvalue weighted by Gasteiger charge is 2.03. The van der Waals surface area contributed by atoms with Crippen LogP contribution in [0.5, 0.6) is 0 Å². The molecule has 0 fully saturated rings. The van der Waals surface area contributed by atoms with Crippen molar-refractivity contribution in [3.05, 3.63) is 12.2 Å². The number of esters is 1. The van der Waals surface area contributed by atoms with Gasteiger partial charge in [-0.3, -0.25) is 9.59 Å². The number of hydrogen-bond acceptors (Lipinski definition) is 3. The van der Waals surface area contributed by atoms with E-state index in [-0.39, 0.29) is 5.97 Å². The molecule has 0 saturated heterocycles. The Morgan fingerprint density at radius 2 is 0.917 bits per heavy atom. The van der Waals surface area contributed by atoms with E-state index in [4.69, 9.17) is 9.84 Å². The molecule has 0 radical (unpaired) electrons. The van der Waals surface area contributed by atoms with Crippen LogP contribution >= 0.6 is 0 Å². The van der Waals surface area contributed by atoms with E-state index in [9.17, 15) is 9.59 Å². The molecule has 4 nitrogen and oxygen atoms in total. The third-order valence-corrected chi connectivity index (χ3v) is 6.94. The van der Waals surface area contributed by atoms with Crippen molar-refractivity contribution in [3.63, 3.8) is 0 Å². The number of aliphatic carboxylic acids is 1. The smallest absolute Gasteiger partial charge is 0.305 e. The third kappa shape index (κ3) is 30.7. The fourth-order valence-corrected chi connectivity index (χ4v) is 4.57. The minimum Gasteiger partial charge on any atom is -0.481 e. The molecule has 0 aromatic carbocycles. The summed E-state index contributed by atoms with van der Waals surface area (Å²) in [6.45, 7) is 2.84. The third-order valence-electron chi connectivity index (χ3n) is 6.94. The maximum atomic E-state index is 11.8.